The maximum absolute atomic E-state index is 12.9. The second-order valence-corrected chi connectivity index (χ2v) is 7.76. The number of halogens is 1. The molecule has 8 nitrogen and oxygen atoms in total. The van der Waals surface area contributed by atoms with Gasteiger partial charge in [-0.3, -0.25) is 4.79 Å². The molecule has 0 spiro atoms. The summed E-state index contributed by atoms with van der Waals surface area (Å²) in [5.74, 6) is 6.21. The lowest BCUT2D eigenvalue weighted by molar-refractivity contribution is 0.103. The minimum absolute atomic E-state index is 0.200. The molecule has 3 N–H and O–H groups in total. The lowest BCUT2D eigenvalue weighted by Gasteiger charge is -2.25. The van der Waals surface area contributed by atoms with Gasteiger partial charge in [0.25, 0.3) is 5.56 Å². The number of benzene rings is 1. The summed E-state index contributed by atoms with van der Waals surface area (Å²) in [6.07, 6.45) is 0.207. The van der Waals surface area contributed by atoms with Crippen molar-refractivity contribution in [3.8, 4) is 0 Å². The van der Waals surface area contributed by atoms with Crippen LogP contribution in [0.25, 0.3) is 10.2 Å². The topological polar surface area (TPSA) is 102 Å². The third-order valence-corrected chi connectivity index (χ3v) is 5.99. The molecule has 0 aliphatic carbocycles. The van der Waals surface area contributed by atoms with Crippen molar-refractivity contribution in [1.29, 1.82) is 0 Å². The van der Waals surface area contributed by atoms with Crippen molar-refractivity contribution in [2.75, 3.05) is 24.3 Å². The van der Waals surface area contributed by atoms with Gasteiger partial charge in [0.2, 0.25) is 5.95 Å². The molecule has 0 radical (unpaired) electrons. The van der Waals surface area contributed by atoms with Crippen LogP contribution in [0.5, 0.6) is 0 Å². The zero-order chi connectivity index (χ0) is 19.8. The van der Waals surface area contributed by atoms with Crippen LogP contribution in [-0.4, -0.2) is 33.8 Å². The average molecular weight is 420 g/mol. The largest absolute Gasteiger partial charge is 0.450 e. The number of ether oxygens (including phenoxy) is 1. The maximum Gasteiger partial charge on any atom is 0.410 e. The van der Waals surface area contributed by atoms with Gasteiger partial charge in [-0.25, -0.2) is 9.78 Å². The van der Waals surface area contributed by atoms with Gasteiger partial charge in [0.15, 0.2) is 0 Å². The molecule has 3 heterocycles. The van der Waals surface area contributed by atoms with Gasteiger partial charge in [-0.15, -0.1) is 11.3 Å². The van der Waals surface area contributed by atoms with Crippen molar-refractivity contribution >= 4 is 50.9 Å². The fourth-order valence-corrected chi connectivity index (χ4v) is 4.61. The normalized spacial score (nSPS) is 13.4. The minimum Gasteiger partial charge on any atom is -0.450 e. The molecule has 4 rings (SSSR count). The van der Waals surface area contributed by atoms with Crippen LogP contribution in [0.2, 0.25) is 5.02 Å². The molecule has 0 bridgehead atoms. The van der Waals surface area contributed by atoms with Crippen molar-refractivity contribution in [3.63, 3.8) is 0 Å². The van der Waals surface area contributed by atoms with E-state index in [1.165, 1.54) is 11.3 Å². The van der Waals surface area contributed by atoms with Gasteiger partial charge in [0.1, 0.15) is 4.83 Å². The molecule has 1 aliphatic heterocycles. The summed E-state index contributed by atoms with van der Waals surface area (Å²) >= 11 is 7.56. The van der Waals surface area contributed by atoms with E-state index < -0.39 is 0 Å². The van der Waals surface area contributed by atoms with Crippen molar-refractivity contribution in [1.82, 2.24) is 14.6 Å². The Kier molecular flexibility index (Phi) is 4.86. The number of rotatable bonds is 3. The number of carbonyl (C=O) groups is 1. The molecular formula is C18H18ClN5O3S. The van der Waals surface area contributed by atoms with Gasteiger partial charge in [-0.1, -0.05) is 23.7 Å². The molecule has 0 saturated heterocycles. The van der Waals surface area contributed by atoms with Crippen LogP contribution in [0, 0.1) is 0 Å². The maximum atomic E-state index is 12.9. The number of thiophene rings is 1. The van der Waals surface area contributed by atoms with E-state index in [4.69, 9.17) is 22.2 Å². The zero-order valence-electron chi connectivity index (χ0n) is 15.1. The first kappa shape index (κ1) is 18.6. The molecule has 1 aromatic carbocycles. The van der Waals surface area contributed by atoms with E-state index in [1.807, 2.05) is 12.1 Å². The molecule has 0 atom stereocenters. The Balaban J connectivity index is 1.73. The van der Waals surface area contributed by atoms with Gasteiger partial charge in [-0.2, -0.15) is 4.68 Å². The summed E-state index contributed by atoms with van der Waals surface area (Å²) in [4.78, 5) is 32.6. The predicted octanol–water partition coefficient (Wildman–Crippen LogP) is 3.08. The molecule has 0 fully saturated rings. The number of nitrogens with zero attached hydrogens (tertiary/aromatic N) is 3. The van der Waals surface area contributed by atoms with Gasteiger partial charge in [-0.05, 0) is 31.0 Å². The second kappa shape index (κ2) is 7.33. The van der Waals surface area contributed by atoms with Crippen molar-refractivity contribution in [3.05, 3.63) is 50.1 Å². The number of para-hydroxylation sites is 1. The van der Waals surface area contributed by atoms with E-state index >= 15 is 0 Å². The summed E-state index contributed by atoms with van der Waals surface area (Å²) in [6.45, 7) is 2.98. The molecule has 1 amide bonds. The highest BCUT2D eigenvalue weighted by molar-refractivity contribution is 7.18. The van der Waals surface area contributed by atoms with Crippen LogP contribution in [0.3, 0.4) is 0 Å². The Morgan fingerprint density at radius 3 is 2.96 bits per heavy atom. The highest BCUT2D eigenvalue weighted by atomic mass is 35.5. The third kappa shape index (κ3) is 3.16. The highest BCUT2D eigenvalue weighted by Gasteiger charge is 2.27. The standard InChI is InChI=1S/C18H18ClN5O3S/c1-2-27-18(26)23-8-7-10-13(9-23)28-15-14(10)16(25)24(20)17(22-15)21-12-6-4-3-5-11(12)19/h3-6H,2,7-9,20H2,1H3,(H,21,22). The highest BCUT2D eigenvalue weighted by Crippen LogP contribution is 2.33. The van der Waals surface area contributed by atoms with Crippen molar-refractivity contribution in [2.45, 2.75) is 19.9 Å². The Morgan fingerprint density at radius 2 is 2.21 bits per heavy atom. The van der Waals surface area contributed by atoms with Gasteiger partial charge >= 0.3 is 6.09 Å². The fraction of sp³-hybridized carbons (Fsp3) is 0.278. The summed E-state index contributed by atoms with van der Waals surface area (Å²) < 4.78 is 6.07. The van der Waals surface area contributed by atoms with E-state index in [0.717, 1.165) is 15.1 Å². The first-order valence-corrected chi connectivity index (χ1v) is 9.94. The van der Waals surface area contributed by atoms with Gasteiger partial charge < -0.3 is 20.8 Å². The SMILES string of the molecule is CCOC(=O)N1CCc2c(sc3nc(Nc4ccccc4Cl)n(N)c(=O)c23)C1. The lowest BCUT2D eigenvalue weighted by atomic mass is 10.1. The van der Waals surface area contributed by atoms with E-state index in [0.29, 0.717) is 47.0 Å². The molecule has 1 aliphatic rings. The number of amides is 1. The van der Waals surface area contributed by atoms with Crippen LogP contribution < -0.4 is 16.7 Å². The summed E-state index contributed by atoms with van der Waals surface area (Å²) in [7, 11) is 0. The Labute approximate surface area is 169 Å². The second-order valence-electron chi connectivity index (χ2n) is 6.27. The molecule has 0 unspecified atom stereocenters. The number of nitrogens with two attached hydrogens (primary N) is 1. The molecule has 3 aromatic rings. The van der Waals surface area contributed by atoms with Crippen LogP contribution >= 0.6 is 22.9 Å². The third-order valence-electron chi connectivity index (χ3n) is 4.55. The number of hydrogen-bond acceptors (Lipinski definition) is 7. The zero-order valence-corrected chi connectivity index (χ0v) is 16.6. The number of fused-ring (bicyclic) bond motifs is 3. The Morgan fingerprint density at radius 1 is 1.43 bits per heavy atom. The van der Waals surface area contributed by atoms with Crippen LogP contribution in [-0.2, 0) is 17.7 Å². The quantitative estimate of drug-likeness (QED) is 0.632. The van der Waals surface area contributed by atoms with Crippen LogP contribution in [0.4, 0.5) is 16.4 Å². The first-order valence-electron chi connectivity index (χ1n) is 8.75. The predicted molar refractivity (Wildman–Crippen MR) is 110 cm³/mol. The smallest absolute Gasteiger partial charge is 0.410 e. The van der Waals surface area contributed by atoms with Crippen LogP contribution in [0.1, 0.15) is 17.4 Å². The first-order chi connectivity index (χ1) is 13.5. The van der Waals surface area contributed by atoms with E-state index in [2.05, 4.69) is 10.3 Å². The van der Waals surface area contributed by atoms with Gasteiger partial charge in [0.05, 0.1) is 29.2 Å². The molecule has 28 heavy (non-hydrogen) atoms. The molecular weight excluding hydrogens is 402 g/mol. The number of aromatic nitrogens is 2. The number of anilines is 2. The molecule has 0 saturated carbocycles. The Bertz CT molecular complexity index is 1130. The average Bonchev–Trinajstić information content (AvgIpc) is 3.05. The van der Waals surface area contributed by atoms with E-state index in [1.54, 1.807) is 24.0 Å². The number of nitrogen functional groups attached to an aromatic ring is 1. The van der Waals surface area contributed by atoms with E-state index in [9.17, 15) is 9.59 Å². The Hall–Kier alpha value is -2.78. The number of carbonyl (C=O) groups excluding carboxylic acids is 1. The summed E-state index contributed by atoms with van der Waals surface area (Å²) in [6, 6.07) is 7.13. The van der Waals surface area contributed by atoms with Gasteiger partial charge in [0, 0.05) is 11.4 Å². The molecule has 2 aromatic heterocycles. The van der Waals surface area contributed by atoms with Crippen molar-refractivity contribution in [2.24, 2.45) is 0 Å². The molecule has 146 valence electrons. The monoisotopic (exact) mass is 419 g/mol. The summed E-state index contributed by atoms with van der Waals surface area (Å²) in [5.41, 5.74) is 1.17. The van der Waals surface area contributed by atoms with E-state index in [-0.39, 0.29) is 17.6 Å². The number of hydrogen-bond donors (Lipinski definition) is 2. The lowest BCUT2D eigenvalue weighted by Crippen LogP contribution is -2.36. The number of nitrogens with one attached hydrogen (secondary N) is 1. The summed E-state index contributed by atoms with van der Waals surface area (Å²) in [5, 5.41) is 4.02. The minimum atomic E-state index is -0.351. The van der Waals surface area contributed by atoms with Crippen molar-refractivity contribution < 1.29 is 9.53 Å². The van der Waals surface area contributed by atoms with Crippen LogP contribution in [0.15, 0.2) is 29.1 Å². The molecule has 10 heteroatoms. The fourth-order valence-electron chi connectivity index (χ4n) is 3.20.